The minimum Gasteiger partial charge on any atom is -0.339 e. The molecule has 0 saturated heterocycles. The molecule has 0 aliphatic rings. The van der Waals surface area contributed by atoms with Gasteiger partial charge in [0.1, 0.15) is 11.6 Å². The molecule has 0 bridgehead atoms. The first kappa shape index (κ1) is 14.8. The maximum atomic E-state index is 12.9. The average molecular weight is 326 g/mol. The highest BCUT2D eigenvalue weighted by Gasteiger charge is 2.33. The Hall–Kier alpha value is -1.60. The molecule has 1 aromatic heterocycles. The Morgan fingerprint density at radius 3 is 2.35 bits per heavy atom. The standard InChI is InChI=1S/C11H5Cl2F4N3/c12-6-3-5(14)1-2-7(6)18-9-4-8(11(15,16)17)19-10(13)20-9/h1-4H,(H,18,19,20). The highest BCUT2D eigenvalue weighted by Crippen LogP contribution is 2.31. The van der Waals surface area contributed by atoms with Crippen molar-refractivity contribution < 1.29 is 17.6 Å². The summed E-state index contributed by atoms with van der Waals surface area (Å²) in [6, 6.07) is 4.05. The van der Waals surface area contributed by atoms with Gasteiger partial charge in [-0.25, -0.2) is 14.4 Å². The van der Waals surface area contributed by atoms with Crippen LogP contribution in [0.2, 0.25) is 10.3 Å². The molecule has 1 heterocycles. The van der Waals surface area contributed by atoms with Crippen LogP contribution in [-0.4, -0.2) is 9.97 Å². The number of rotatable bonds is 2. The SMILES string of the molecule is Fc1ccc(Nc2cc(C(F)(F)F)nc(Cl)n2)c(Cl)c1. The van der Waals surface area contributed by atoms with Crippen LogP contribution in [0, 0.1) is 5.82 Å². The number of anilines is 2. The number of aromatic nitrogens is 2. The Morgan fingerprint density at radius 1 is 1.05 bits per heavy atom. The van der Waals surface area contributed by atoms with Gasteiger partial charge in [0.15, 0.2) is 5.69 Å². The normalized spacial score (nSPS) is 11.5. The van der Waals surface area contributed by atoms with Crippen molar-refractivity contribution in [1.82, 2.24) is 9.97 Å². The van der Waals surface area contributed by atoms with Crippen LogP contribution in [0.25, 0.3) is 0 Å². The lowest BCUT2D eigenvalue weighted by molar-refractivity contribution is -0.141. The molecule has 0 atom stereocenters. The summed E-state index contributed by atoms with van der Waals surface area (Å²) >= 11 is 11.2. The number of hydrogen-bond donors (Lipinski definition) is 1. The van der Waals surface area contributed by atoms with Crippen molar-refractivity contribution in [3.8, 4) is 0 Å². The summed E-state index contributed by atoms with van der Waals surface area (Å²) in [5.41, 5.74) is -1.01. The van der Waals surface area contributed by atoms with E-state index in [1.165, 1.54) is 6.07 Å². The maximum Gasteiger partial charge on any atom is 0.433 e. The molecule has 2 aromatic rings. The van der Waals surface area contributed by atoms with Crippen molar-refractivity contribution in [3.05, 3.63) is 46.1 Å². The van der Waals surface area contributed by atoms with Crippen LogP contribution in [-0.2, 0) is 6.18 Å². The monoisotopic (exact) mass is 325 g/mol. The second-order valence-electron chi connectivity index (χ2n) is 3.65. The number of nitrogens with zero attached hydrogens (tertiary/aromatic N) is 2. The lowest BCUT2D eigenvalue weighted by Crippen LogP contribution is -2.10. The molecule has 20 heavy (non-hydrogen) atoms. The zero-order valence-electron chi connectivity index (χ0n) is 9.47. The third kappa shape index (κ3) is 3.49. The molecule has 0 radical (unpaired) electrons. The van der Waals surface area contributed by atoms with E-state index in [9.17, 15) is 17.6 Å². The van der Waals surface area contributed by atoms with Crippen LogP contribution in [0.15, 0.2) is 24.3 Å². The summed E-state index contributed by atoms with van der Waals surface area (Å²) in [7, 11) is 0. The largest absolute Gasteiger partial charge is 0.433 e. The summed E-state index contributed by atoms with van der Waals surface area (Å²) in [6.07, 6.45) is -4.66. The van der Waals surface area contributed by atoms with Gasteiger partial charge in [0.2, 0.25) is 5.28 Å². The lowest BCUT2D eigenvalue weighted by Gasteiger charge is -2.10. The Bertz CT molecular complexity index is 646. The molecular formula is C11H5Cl2F4N3. The van der Waals surface area contributed by atoms with E-state index in [0.29, 0.717) is 6.07 Å². The third-order valence-corrected chi connectivity index (χ3v) is 2.66. The van der Waals surface area contributed by atoms with Crippen molar-refractivity contribution in [2.75, 3.05) is 5.32 Å². The van der Waals surface area contributed by atoms with Gasteiger partial charge in [-0.1, -0.05) is 11.6 Å². The third-order valence-electron chi connectivity index (χ3n) is 2.18. The number of alkyl halides is 3. The summed E-state index contributed by atoms with van der Waals surface area (Å²) in [4.78, 5) is 6.68. The molecule has 0 unspecified atom stereocenters. The summed E-state index contributed by atoms with van der Waals surface area (Å²) in [6.45, 7) is 0. The number of nitrogens with one attached hydrogen (secondary N) is 1. The predicted octanol–water partition coefficient (Wildman–Crippen LogP) is 4.68. The first-order valence-electron chi connectivity index (χ1n) is 5.09. The van der Waals surface area contributed by atoms with E-state index in [1.807, 2.05) is 0 Å². The molecule has 3 nitrogen and oxygen atoms in total. The van der Waals surface area contributed by atoms with Crippen LogP contribution >= 0.6 is 23.2 Å². The molecule has 1 aromatic carbocycles. The quantitative estimate of drug-likeness (QED) is 0.643. The number of benzene rings is 1. The van der Waals surface area contributed by atoms with Crippen molar-refractivity contribution >= 4 is 34.7 Å². The molecule has 2 rings (SSSR count). The van der Waals surface area contributed by atoms with Gasteiger partial charge in [-0.3, -0.25) is 0 Å². The van der Waals surface area contributed by atoms with Crippen LogP contribution in [0.1, 0.15) is 5.69 Å². The zero-order chi connectivity index (χ0) is 14.9. The highest BCUT2D eigenvalue weighted by atomic mass is 35.5. The summed E-state index contributed by atoms with van der Waals surface area (Å²) in [5.74, 6) is -0.775. The van der Waals surface area contributed by atoms with Crippen molar-refractivity contribution in [3.63, 3.8) is 0 Å². The van der Waals surface area contributed by atoms with Crippen LogP contribution < -0.4 is 5.32 Å². The van der Waals surface area contributed by atoms with Crippen molar-refractivity contribution in [2.45, 2.75) is 6.18 Å². The van der Waals surface area contributed by atoms with Gasteiger partial charge < -0.3 is 5.32 Å². The molecule has 0 fully saturated rings. The van der Waals surface area contributed by atoms with E-state index >= 15 is 0 Å². The molecule has 0 saturated carbocycles. The van der Waals surface area contributed by atoms with Crippen LogP contribution in [0.3, 0.4) is 0 Å². The fourth-order valence-electron chi connectivity index (χ4n) is 1.36. The minimum absolute atomic E-state index is 0.00621. The maximum absolute atomic E-state index is 12.9. The average Bonchev–Trinajstić information content (AvgIpc) is 2.31. The van der Waals surface area contributed by atoms with Gasteiger partial charge in [-0.2, -0.15) is 13.2 Å². The Kier molecular flexibility index (Phi) is 4.01. The van der Waals surface area contributed by atoms with E-state index in [1.54, 1.807) is 0 Å². The van der Waals surface area contributed by atoms with E-state index < -0.39 is 23.0 Å². The Labute approximate surface area is 120 Å². The van der Waals surface area contributed by atoms with Gasteiger partial charge in [0, 0.05) is 6.07 Å². The van der Waals surface area contributed by atoms with Gasteiger partial charge >= 0.3 is 6.18 Å². The van der Waals surface area contributed by atoms with E-state index in [-0.39, 0.29) is 16.5 Å². The lowest BCUT2D eigenvalue weighted by atomic mass is 10.3. The number of hydrogen-bond acceptors (Lipinski definition) is 3. The fraction of sp³-hybridized carbons (Fsp3) is 0.0909. The predicted molar refractivity (Wildman–Crippen MR) is 66.7 cm³/mol. The fourth-order valence-corrected chi connectivity index (χ4v) is 1.75. The molecule has 0 aliphatic heterocycles. The van der Waals surface area contributed by atoms with Gasteiger partial charge in [-0.15, -0.1) is 0 Å². The molecule has 1 N–H and O–H groups in total. The minimum atomic E-state index is -4.66. The van der Waals surface area contributed by atoms with E-state index in [4.69, 9.17) is 23.2 Å². The second-order valence-corrected chi connectivity index (χ2v) is 4.40. The summed E-state index contributed by atoms with van der Waals surface area (Å²) < 4.78 is 50.6. The number of halogens is 6. The summed E-state index contributed by atoms with van der Waals surface area (Å²) in [5, 5.41) is 1.94. The van der Waals surface area contributed by atoms with Crippen molar-refractivity contribution in [1.29, 1.82) is 0 Å². The molecule has 9 heteroatoms. The van der Waals surface area contributed by atoms with E-state index in [2.05, 4.69) is 15.3 Å². The highest BCUT2D eigenvalue weighted by molar-refractivity contribution is 6.33. The second kappa shape index (κ2) is 5.41. The first-order chi connectivity index (χ1) is 9.25. The van der Waals surface area contributed by atoms with Gasteiger partial charge in [0.05, 0.1) is 10.7 Å². The molecule has 0 aliphatic carbocycles. The topological polar surface area (TPSA) is 37.8 Å². The van der Waals surface area contributed by atoms with Crippen LogP contribution in [0.5, 0.6) is 0 Å². The first-order valence-corrected chi connectivity index (χ1v) is 5.85. The molecule has 0 amide bonds. The molecule has 106 valence electrons. The zero-order valence-corrected chi connectivity index (χ0v) is 11.0. The molecule has 0 spiro atoms. The van der Waals surface area contributed by atoms with Gasteiger partial charge in [0.25, 0.3) is 0 Å². The smallest absolute Gasteiger partial charge is 0.339 e. The Morgan fingerprint density at radius 2 is 1.75 bits per heavy atom. The Balaban J connectivity index is 2.36. The molecular weight excluding hydrogens is 321 g/mol. The van der Waals surface area contributed by atoms with E-state index in [0.717, 1.165) is 12.1 Å². The van der Waals surface area contributed by atoms with Crippen LogP contribution in [0.4, 0.5) is 29.1 Å². The van der Waals surface area contributed by atoms with Crippen molar-refractivity contribution in [2.24, 2.45) is 0 Å². The van der Waals surface area contributed by atoms with Gasteiger partial charge in [-0.05, 0) is 29.8 Å².